The van der Waals surface area contributed by atoms with Crippen molar-refractivity contribution in [2.24, 2.45) is 5.92 Å². The van der Waals surface area contributed by atoms with Crippen LogP contribution < -0.4 is 5.32 Å². The molecular weight excluding hydrogens is 229 g/mol. The SMILES string of the molecule is CCNCC(CCCOC)Cc1cccc(F)c1. The summed E-state index contributed by atoms with van der Waals surface area (Å²) in [5.74, 6) is 0.397. The van der Waals surface area contributed by atoms with Gasteiger partial charge in [0.05, 0.1) is 0 Å². The minimum Gasteiger partial charge on any atom is -0.385 e. The third-order valence-corrected chi connectivity index (χ3v) is 3.06. The number of hydrogen-bond acceptors (Lipinski definition) is 2. The Balaban J connectivity index is 2.48. The zero-order valence-electron chi connectivity index (χ0n) is 11.4. The number of ether oxygens (including phenoxy) is 1. The molecule has 0 saturated carbocycles. The van der Waals surface area contributed by atoms with Crippen molar-refractivity contribution in [3.63, 3.8) is 0 Å². The highest BCUT2D eigenvalue weighted by Gasteiger charge is 2.09. The molecule has 102 valence electrons. The van der Waals surface area contributed by atoms with Crippen LogP contribution in [0, 0.1) is 11.7 Å². The van der Waals surface area contributed by atoms with E-state index in [4.69, 9.17) is 4.74 Å². The van der Waals surface area contributed by atoms with Crippen molar-refractivity contribution in [2.75, 3.05) is 26.8 Å². The molecule has 0 fully saturated rings. The van der Waals surface area contributed by atoms with E-state index in [2.05, 4.69) is 12.2 Å². The van der Waals surface area contributed by atoms with Crippen LogP contribution in [-0.2, 0) is 11.2 Å². The van der Waals surface area contributed by atoms with Crippen molar-refractivity contribution in [3.05, 3.63) is 35.6 Å². The van der Waals surface area contributed by atoms with Gasteiger partial charge >= 0.3 is 0 Å². The van der Waals surface area contributed by atoms with Crippen molar-refractivity contribution in [3.8, 4) is 0 Å². The summed E-state index contributed by atoms with van der Waals surface area (Å²) in [4.78, 5) is 0. The summed E-state index contributed by atoms with van der Waals surface area (Å²) in [5.41, 5.74) is 1.08. The fraction of sp³-hybridized carbons (Fsp3) is 0.600. The molecule has 1 N–H and O–H groups in total. The topological polar surface area (TPSA) is 21.3 Å². The molecule has 0 saturated heterocycles. The standard InChI is InChI=1S/C15H24FNO/c1-3-17-12-14(7-5-9-18-2)10-13-6-4-8-15(16)11-13/h4,6,8,11,14,17H,3,5,7,9-10,12H2,1-2H3. The van der Waals surface area contributed by atoms with Gasteiger partial charge in [-0.3, -0.25) is 0 Å². The van der Waals surface area contributed by atoms with Crippen LogP contribution in [0.2, 0.25) is 0 Å². The number of rotatable bonds is 9. The predicted octanol–water partition coefficient (Wildman–Crippen LogP) is 3.02. The van der Waals surface area contributed by atoms with E-state index in [9.17, 15) is 4.39 Å². The molecule has 0 heterocycles. The van der Waals surface area contributed by atoms with Crippen LogP contribution in [0.25, 0.3) is 0 Å². The van der Waals surface area contributed by atoms with Crippen LogP contribution in [0.3, 0.4) is 0 Å². The lowest BCUT2D eigenvalue weighted by Crippen LogP contribution is -2.24. The van der Waals surface area contributed by atoms with Crippen molar-refractivity contribution in [1.29, 1.82) is 0 Å². The van der Waals surface area contributed by atoms with Gasteiger partial charge in [-0.15, -0.1) is 0 Å². The van der Waals surface area contributed by atoms with E-state index in [0.29, 0.717) is 5.92 Å². The first-order valence-corrected chi connectivity index (χ1v) is 6.70. The molecule has 0 spiro atoms. The molecule has 0 bridgehead atoms. The molecule has 1 aromatic carbocycles. The summed E-state index contributed by atoms with van der Waals surface area (Å²) in [7, 11) is 1.73. The molecule has 1 rings (SSSR count). The normalized spacial score (nSPS) is 12.6. The lowest BCUT2D eigenvalue weighted by Gasteiger charge is -2.17. The second-order valence-electron chi connectivity index (χ2n) is 4.64. The third-order valence-electron chi connectivity index (χ3n) is 3.06. The maximum absolute atomic E-state index is 13.1. The average Bonchev–Trinajstić information content (AvgIpc) is 2.36. The molecule has 0 aliphatic rings. The fourth-order valence-electron chi connectivity index (χ4n) is 2.14. The number of hydrogen-bond donors (Lipinski definition) is 1. The Labute approximate surface area is 110 Å². The van der Waals surface area contributed by atoms with Crippen molar-refractivity contribution in [2.45, 2.75) is 26.2 Å². The summed E-state index contributed by atoms with van der Waals surface area (Å²) >= 11 is 0. The molecule has 3 heteroatoms. The predicted molar refractivity (Wildman–Crippen MR) is 73.2 cm³/mol. The Hall–Kier alpha value is -0.930. The van der Waals surface area contributed by atoms with E-state index in [1.54, 1.807) is 19.2 Å². The molecule has 0 aliphatic carbocycles. The Morgan fingerprint density at radius 1 is 1.39 bits per heavy atom. The maximum atomic E-state index is 13.1. The smallest absolute Gasteiger partial charge is 0.123 e. The minimum atomic E-state index is -0.147. The van der Waals surface area contributed by atoms with Gasteiger partial charge in [-0.1, -0.05) is 19.1 Å². The fourth-order valence-corrected chi connectivity index (χ4v) is 2.14. The van der Waals surface area contributed by atoms with E-state index in [-0.39, 0.29) is 5.82 Å². The van der Waals surface area contributed by atoms with Gasteiger partial charge in [-0.25, -0.2) is 4.39 Å². The summed E-state index contributed by atoms with van der Waals surface area (Å²) < 4.78 is 18.2. The first-order valence-electron chi connectivity index (χ1n) is 6.70. The highest BCUT2D eigenvalue weighted by molar-refractivity contribution is 5.16. The third kappa shape index (κ3) is 6.12. The molecule has 1 aromatic rings. The number of methoxy groups -OCH3 is 1. The maximum Gasteiger partial charge on any atom is 0.123 e. The summed E-state index contributed by atoms with van der Waals surface area (Å²) in [6, 6.07) is 6.91. The second-order valence-corrected chi connectivity index (χ2v) is 4.64. The average molecular weight is 253 g/mol. The lowest BCUT2D eigenvalue weighted by atomic mass is 9.94. The van der Waals surface area contributed by atoms with Gasteiger partial charge in [-0.2, -0.15) is 0 Å². The van der Waals surface area contributed by atoms with Gasteiger partial charge in [0.25, 0.3) is 0 Å². The van der Waals surface area contributed by atoms with Crippen molar-refractivity contribution >= 4 is 0 Å². The van der Waals surface area contributed by atoms with Gasteiger partial charge in [0.1, 0.15) is 5.82 Å². The molecule has 0 radical (unpaired) electrons. The quantitative estimate of drug-likeness (QED) is 0.683. The van der Waals surface area contributed by atoms with Gasteiger partial charge in [0.2, 0.25) is 0 Å². The van der Waals surface area contributed by atoms with Gasteiger partial charge < -0.3 is 10.1 Å². The molecule has 1 unspecified atom stereocenters. The Morgan fingerprint density at radius 2 is 2.22 bits per heavy atom. The van der Waals surface area contributed by atoms with Crippen molar-refractivity contribution < 1.29 is 9.13 Å². The molecule has 2 nitrogen and oxygen atoms in total. The lowest BCUT2D eigenvalue weighted by molar-refractivity contribution is 0.186. The van der Waals surface area contributed by atoms with Crippen LogP contribution in [0.1, 0.15) is 25.3 Å². The summed E-state index contributed by atoms with van der Waals surface area (Å²) in [5, 5.41) is 3.38. The van der Waals surface area contributed by atoms with Crippen molar-refractivity contribution in [1.82, 2.24) is 5.32 Å². The van der Waals surface area contributed by atoms with E-state index in [0.717, 1.165) is 44.5 Å². The number of benzene rings is 1. The zero-order chi connectivity index (χ0) is 13.2. The van der Waals surface area contributed by atoms with Crippen LogP contribution >= 0.6 is 0 Å². The minimum absolute atomic E-state index is 0.147. The molecule has 0 aliphatic heterocycles. The summed E-state index contributed by atoms with van der Waals surface area (Å²) in [6.45, 7) is 4.86. The van der Waals surface area contributed by atoms with E-state index in [1.165, 1.54) is 6.07 Å². The molecule has 0 amide bonds. The van der Waals surface area contributed by atoms with Crippen LogP contribution in [0.15, 0.2) is 24.3 Å². The Bertz CT molecular complexity index is 330. The molecule has 0 aromatic heterocycles. The monoisotopic (exact) mass is 253 g/mol. The Morgan fingerprint density at radius 3 is 2.89 bits per heavy atom. The van der Waals surface area contributed by atoms with Crippen LogP contribution in [0.4, 0.5) is 4.39 Å². The van der Waals surface area contributed by atoms with Crippen LogP contribution in [-0.4, -0.2) is 26.8 Å². The largest absolute Gasteiger partial charge is 0.385 e. The summed E-state index contributed by atoms with van der Waals surface area (Å²) in [6.07, 6.45) is 3.09. The molecule has 1 atom stereocenters. The van der Waals surface area contributed by atoms with Gasteiger partial charge in [-0.05, 0) is 56.0 Å². The molecule has 18 heavy (non-hydrogen) atoms. The number of nitrogens with one attached hydrogen (secondary N) is 1. The highest BCUT2D eigenvalue weighted by Crippen LogP contribution is 2.15. The van der Waals surface area contributed by atoms with E-state index in [1.807, 2.05) is 6.07 Å². The van der Waals surface area contributed by atoms with E-state index < -0.39 is 0 Å². The first kappa shape index (κ1) is 15.1. The van der Waals surface area contributed by atoms with Crippen LogP contribution in [0.5, 0.6) is 0 Å². The second kappa shape index (κ2) is 9.06. The van der Waals surface area contributed by atoms with E-state index >= 15 is 0 Å². The van der Waals surface area contributed by atoms with Gasteiger partial charge in [0.15, 0.2) is 0 Å². The first-order chi connectivity index (χ1) is 8.76. The zero-order valence-corrected chi connectivity index (χ0v) is 11.4. The Kier molecular flexibility index (Phi) is 7.62. The number of halogens is 1. The van der Waals surface area contributed by atoms with Gasteiger partial charge in [0, 0.05) is 13.7 Å². The highest BCUT2D eigenvalue weighted by atomic mass is 19.1. The molecular formula is C15H24FNO.